The third kappa shape index (κ3) is 5.97. The van der Waals surface area contributed by atoms with E-state index in [1.54, 1.807) is 0 Å². The van der Waals surface area contributed by atoms with Crippen LogP contribution in [0.3, 0.4) is 0 Å². The summed E-state index contributed by atoms with van der Waals surface area (Å²) >= 11 is 4.49. The maximum absolute atomic E-state index is 6.17. The normalized spacial score (nSPS) is 25.6. The van der Waals surface area contributed by atoms with Crippen LogP contribution >= 0.6 is 12.6 Å². The van der Waals surface area contributed by atoms with Crippen molar-refractivity contribution in [1.82, 2.24) is 19.8 Å². The zero-order chi connectivity index (χ0) is 25.2. The first-order chi connectivity index (χ1) is 17.4. The lowest BCUT2D eigenvalue weighted by molar-refractivity contribution is -0.0347. The number of nitrogens with zero attached hydrogens (tertiary/aromatic N) is 4. The third-order valence-electron chi connectivity index (χ3n) is 8.16. The minimum absolute atomic E-state index is 0.410. The lowest BCUT2D eigenvalue weighted by atomic mass is 9.77. The summed E-state index contributed by atoms with van der Waals surface area (Å²) in [4.78, 5) is 14.6. The molecule has 36 heavy (non-hydrogen) atoms. The molecule has 0 saturated carbocycles. The maximum Gasteiger partial charge on any atom is 0.0933 e. The van der Waals surface area contributed by atoms with Gasteiger partial charge in [0.25, 0.3) is 0 Å². The summed E-state index contributed by atoms with van der Waals surface area (Å²) in [6, 6.07) is 8.79. The van der Waals surface area contributed by atoms with Crippen molar-refractivity contribution in [3.63, 3.8) is 0 Å². The SMILES string of the molecule is CC(C)c1ccc([C@@H]2CCOC2)c(CN2CC(C3COC[C@@H](c4ccc(S)nc4CN(C)C)C3)C2)n1. The maximum atomic E-state index is 6.17. The van der Waals surface area contributed by atoms with Gasteiger partial charge < -0.3 is 14.4 Å². The molecule has 196 valence electrons. The summed E-state index contributed by atoms with van der Waals surface area (Å²) in [6.07, 6.45) is 2.29. The Kier molecular flexibility index (Phi) is 8.33. The Morgan fingerprint density at radius 1 is 0.944 bits per heavy atom. The summed E-state index contributed by atoms with van der Waals surface area (Å²) in [7, 11) is 4.19. The van der Waals surface area contributed by atoms with Gasteiger partial charge in [-0.1, -0.05) is 26.0 Å². The molecule has 0 spiro atoms. The van der Waals surface area contributed by atoms with E-state index in [9.17, 15) is 0 Å². The zero-order valence-corrected chi connectivity index (χ0v) is 23.2. The predicted molar refractivity (Wildman–Crippen MR) is 146 cm³/mol. The number of aromatic nitrogens is 2. The molecule has 0 bridgehead atoms. The lowest BCUT2D eigenvalue weighted by Crippen LogP contribution is -2.51. The molecule has 3 saturated heterocycles. The van der Waals surface area contributed by atoms with E-state index in [-0.39, 0.29) is 0 Å². The number of ether oxygens (including phenoxy) is 2. The number of thiol groups is 1. The lowest BCUT2D eigenvalue weighted by Gasteiger charge is -2.46. The minimum Gasteiger partial charge on any atom is -0.381 e. The van der Waals surface area contributed by atoms with Gasteiger partial charge >= 0.3 is 0 Å². The number of hydrogen-bond acceptors (Lipinski definition) is 7. The van der Waals surface area contributed by atoms with E-state index < -0.39 is 0 Å². The van der Waals surface area contributed by atoms with Crippen LogP contribution in [0.15, 0.2) is 29.3 Å². The Labute approximate surface area is 222 Å². The highest BCUT2D eigenvalue weighted by atomic mass is 32.1. The van der Waals surface area contributed by atoms with Gasteiger partial charge in [-0.05, 0) is 68.0 Å². The first-order valence-electron chi connectivity index (χ1n) is 13.6. The summed E-state index contributed by atoms with van der Waals surface area (Å²) < 4.78 is 11.9. The molecule has 5 rings (SSSR count). The fourth-order valence-corrected chi connectivity index (χ4v) is 6.28. The van der Waals surface area contributed by atoms with Gasteiger partial charge in [-0.25, -0.2) is 4.98 Å². The van der Waals surface area contributed by atoms with Crippen LogP contribution in [0.2, 0.25) is 0 Å². The van der Waals surface area contributed by atoms with Gasteiger partial charge in [-0.3, -0.25) is 9.88 Å². The second kappa shape index (κ2) is 11.5. The van der Waals surface area contributed by atoms with Crippen LogP contribution in [0.25, 0.3) is 0 Å². The summed E-state index contributed by atoms with van der Waals surface area (Å²) in [6.45, 7) is 11.9. The average molecular weight is 511 g/mol. The average Bonchev–Trinajstić information content (AvgIpc) is 3.35. The molecule has 0 N–H and O–H groups in total. The molecule has 3 aliphatic heterocycles. The van der Waals surface area contributed by atoms with Gasteiger partial charge in [-0.15, -0.1) is 12.6 Å². The zero-order valence-electron chi connectivity index (χ0n) is 22.3. The smallest absolute Gasteiger partial charge is 0.0933 e. The van der Waals surface area contributed by atoms with E-state index in [0.29, 0.717) is 29.6 Å². The van der Waals surface area contributed by atoms with Crippen LogP contribution in [-0.2, 0) is 22.6 Å². The molecule has 2 aromatic heterocycles. The Bertz CT molecular complexity index is 1030. The van der Waals surface area contributed by atoms with Crippen molar-refractivity contribution >= 4 is 12.6 Å². The molecule has 3 aliphatic rings. The highest BCUT2D eigenvalue weighted by molar-refractivity contribution is 7.80. The van der Waals surface area contributed by atoms with E-state index in [0.717, 1.165) is 69.7 Å². The van der Waals surface area contributed by atoms with Crippen LogP contribution < -0.4 is 0 Å². The van der Waals surface area contributed by atoms with E-state index in [1.165, 1.54) is 28.9 Å². The number of likely N-dealkylation sites (tertiary alicyclic amines) is 1. The van der Waals surface area contributed by atoms with Crippen molar-refractivity contribution in [2.24, 2.45) is 11.8 Å². The molecule has 1 unspecified atom stereocenters. The highest BCUT2D eigenvalue weighted by Crippen LogP contribution is 2.38. The molecular weight excluding hydrogens is 468 g/mol. The topological polar surface area (TPSA) is 50.7 Å². The molecule has 6 nitrogen and oxygen atoms in total. The Hall–Kier alpha value is -1.51. The molecule has 5 heterocycles. The van der Waals surface area contributed by atoms with E-state index in [4.69, 9.17) is 19.4 Å². The third-order valence-corrected chi connectivity index (χ3v) is 8.41. The van der Waals surface area contributed by atoms with Gasteiger partial charge in [0.15, 0.2) is 0 Å². The fourth-order valence-electron chi connectivity index (χ4n) is 6.08. The molecule has 0 aliphatic carbocycles. The molecule has 3 atom stereocenters. The molecular formula is C29H42N4O2S. The standard InChI is InChI=1S/C29H42N4O2S/c1-19(2)26-7-5-24(20-9-10-34-16-20)28(30-26)15-33-12-23(13-33)21-11-22(18-35-17-21)25-6-8-29(36)31-27(25)14-32(3)4/h5-8,19-23H,9-18H2,1-4H3,(H,31,36)/t20-,21?,22+/m1/s1. The summed E-state index contributed by atoms with van der Waals surface area (Å²) in [5.41, 5.74) is 6.33. The summed E-state index contributed by atoms with van der Waals surface area (Å²) in [5.74, 6) is 2.63. The van der Waals surface area contributed by atoms with E-state index >= 15 is 0 Å². The number of rotatable bonds is 8. The second-order valence-electron chi connectivity index (χ2n) is 11.6. The summed E-state index contributed by atoms with van der Waals surface area (Å²) in [5, 5.41) is 0.789. The quantitative estimate of drug-likeness (QED) is 0.520. The second-order valence-corrected chi connectivity index (χ2v) is 12.1. The van der Waals surface area contributed by atoms with Crippen molar-refractivity contribution < 1.29 is 9.47 Å². The van der Waals surface area contributed by atoms with Gasteiger partial charge in [0.1, 0.15) is 0 Å². The van der Waals surface area contributed by atoms with Gasteiger partial charge in [0.05, 0.1) is 29.6 Å². The monoisotopic (exact) mass is 510 g/mol. The largest absolute Gasteiger partial charge is 0.381 e. The Morgan fingerprint density at radius 3 is 2.42 bits per heavy atom. The van der Waals surface area contributed by atoms with Crippen LogP contribution in [-0.4, -0.2) is 73.4 Å². The van der Waals surface area contributed by atoms with Gasteiger partial charge in [0.2, 0.25) is 0 Å². The number of pyridine rings is 2. The molecule has 3 fully saturated rings. The van der Waals surface area contributed by atoms with Crippen LogP contribution in [0, 0.1) is 11.8 Å². The Morgan fingerprint density at radius 2 is 1.69 bits per heavy atom. The predicted octanol–water partition coefficient (Wildman–Crippen LogP) is 4.71. The van der Waals surface area contributed by atoms with Gasteiger partial charge in [0, 0.05) is 56.9 Å². The Balaban J connectivity index is 1.23. The fraction of sp³-hybridized carbons (Fsp3) is 0.655. The molecule has 0 amide bonds. The van der Waals surface area contributed by atoms with Crippen LogP contribution in [0.5, 0.6) is 0 Å². The molecule has 7 heteroatoms. The van der Waals surface area contributed by atoms with Crippen molar-refractivity contribution in [1.29, 1.82) is 0 Å². The van der Waals surface area contributed by atoms with Crippen LogP contribution in [0.4, 0.5) is 0 Å². The number of hydrogen-bond donors (Lipinski definition) is 1. The van der Waals surface area contributed by atoms with Gasteiger partial charge in [-0.2, -0.15) is 0 Å². The first kappa shape index (κ1) is 26.1. The van der Waals surface area contributed by atoms with E-state index in [2.05, 4.69) is 68.6 Å². The molecule has 2 aromatic rings. The molecule has 0 radical (unpaired) electrons. The first-order valence-corrected chi connectivity index (χ1v) is 14.0. The minimum atomic E-state index is 0.410. The van der Waals surface area contributed by atoms with Crippen LogP contribution in [0.1, 0.15) is 72.7 Å². The van der Waals surface area contributed by atoms with Crippen molar-refractivity contribution in [3.8, 4) is 0 Å². The highest BCUT2D eigenvalue weighted by Gasteiger charge is 2.38. The van der Waals surface area contributed by atoms with Crippen molar-refractivity contribution in [3.05, 3.63) is 52.5 Å². The van der Waals surface area contributed by atoms with Crippen molar-refractivity contribution in [2.45, 2.75) is 62.6 Å². The van der Waals surface area contributed by atoms with E-state index in [1.807, 2.05) is 6.07 Å². The molecule has 0 aromatic carbocycles. The van der Waals surface area contributed by atoms with Crippen molar-refractivity contribution in [2.75, 3.05) is 53.6 Å².